The summed E-state index contributed by atoms with van der Waals surface area (Å²) in [4.78, 5) is 14.9. The summed E-state index contributed by atoms with van der Waals surface area (Å²) < 4.78 is 25.2. The average Bonchev–Trinajstić information content (AvgIpc) is 3.58. The molecule has 0 radical (unpaired) electrons. The van der Waals surface area contributed by atoms with Crippen molar-refractivity contribution in [3.05, 3.63) is 71.4 Å². The second kappa shape index (κ2) is 8.76. The van der Waals surface area contributed by atoms with Crippen LogP contribution >= 0.6 is 0 Å². The van der Waals surface area contributed by atoms with Crippen molar-refractivity contribution >= 4 is 21.4 Å². The summed E-state index contributed by atoms with van der Waals surface area (Å²) >= 11 is 0. The fourth-order valence-corrected chi connectivity index (χ4v) is 5.52. The van der Waals surface area contributed by atoms with Crippen molar-refractivity contribution in [2.75, 3.05) is 29.9 Å². The van der Waals surface area contributed by atoms with E-state index in [2.05, 4.69) is 21.4 Å². The number of nitrogens with zero attached hydrogens (tertiary/aromatic N) is 3. The maximum absolute atomic E-state index is 12.8. The van der Waals surface area contributed by atoms with Gasteiger partial charge in [0.05, 0.1) is 22.9 Å². The molecule has 1 N–H and O–H groups in total. The summed E-state index contributed by atoms with van der Waals surface area (Å²) in [7, 11) is -0.933. The van der Waals surface area contributed by atoms with Crippen molar-refractivity contribution in [3.8, 4) is 11.3 Å². The lowest BCUT2D eigenvalue weighted by Crippen LogP contribution is -2.39. The zero-order valence-corrected chi connectivity index (χ0v) is 19.5. The van der Waals surface area contributed by atoms with Gasteiger partial charge in [-0.25, -0.2) is 8.42 Å². The predicted octanol–water partition coefficient (Wildman–Crippen LogP) is 3.45. The predicted molar refractivity (Wildman–Crippen MR) is 129 cm³/mol. The van der Waals surface area contributed by atoms with Gasteiger partial charge in [0, 0.05) is 43.9 Å². The Balaban J connectivity index is 1.23. The highest BCUT2D eigenvalue weighted by atomic mass is 32.2. The summed E-state index contributed by atoms with van der Waals surface area (Å²) in [5.41, 5.74) is 5.63. The minimum atomic E-state index is -2.90. The molecule has 2 aliphatic rings. The van der Waals surface area contributed by atoms with Crippen molar-refractivity contribution in [3.63, 3.8) is 0 Å². The molecular weight excluding hydrogens is 436 g/mol. The zero-order valence-electron chi connectivity index (χ0n) is 18.7. The second-order valence-electron chi connectivity index (χ2n) is 9.01. The van der Waals surface area contributed by atoms with Crippen LogP contribution in [0.15, 0.2) is 54.6 Å². The van der Waals surface area contributed by atoms with Crippen molar-refractivity contribution in [2.45, 2.75) is 25.3 Å². The second-order valence-corrected chi connectivity index (χ2v) is 11.3. The molecule has 1 amide bonds. The van der Waals surface area contributed by atoms with Crippen molar-refractivity contribution in [1.82, 2.24) is 14.7 Å². The lowest BCUT2D eigenvalue weighted by atomic mass is 10.1. The lowest BCUT2D eigenvalue weighted by molar-refractivity contribution is 0.102. The van der Waals surface area contributed by atoms with E-state index in [1.54, 1.807) is 6.07 Å². The molecule has 2 aromatic carbocycles. The number of aromatic nitrogens is 2. The normalized spacial score (nSPS) is 18.2. The molecule has 1 aliphatic carbocycles. The van der Waals surface area contributed by atoms with Crippen LogP contribution in [0.3, 0.4) is 0 Å². The van der Waals surface area contributed by atoms with Crippen LogP contribution in [0.25, 0.3) is 11.3 Å². The van der Waals surface area contributed by atoms with Gasteiger partial charge in [-0.3, -0.25) is 14.4 Å². The minimum absolute atomic E-state index is 0.164. The number of sulfone groups is 1. The molecular formula is C25H28N4O3S. The lowest BCUT2D eigenvalue weighted by Gasteiger charge is -2.26. The van der Waals surface area contributed by atoms with E-state index in [1.165, 1.54) is 12.8 Å². The smallest absolute Gasteiger partial charge is 0.255 e. The molecule has 0 atom stereocenters. The van der Waals surface area contributed by atoms with Gasteiger partial charge >= 0.3 is 0 Å². The number of benzene rings is 2. The van der Waals surface area contributed by atoms with Gasteiger partial charge in [0.25, 0.3) is 5.91 Å². The minimum Gasteiger partial charge on any atom is -0.322 e. The number of hydrogen-bond acceptors (Lipinski definition) is 5. The number of anilines is 1. The Morgan fingerprint density at radius 1 is 1.06 bits per heavy atom. The molecule has 1 saturated heterocycles. The van der Waals surface area contributed by atoms with E-state index in [0.29, 0.717) is 31.1 Å². The molecule has 3 aromatic rings. The fraction of sp³-hybridized carbons (Fsp3) is 0.360. The third-order valence-electron chi connectivity index (χ3n) is 6.37. The highest BCUT2D eigenvalue weighted by Gasteiger charge is 2.27. The standard InChI is InChI=1S/C25H28N4O3S/c1-28-24(16-23(27-28)19-5-6-19)20-7-9-22(10-8-20)26-25(30)21-4-2-3-18(15-21)17-29-11-13-33(31,32)14-12-29/h2-4,7-10,15-16,19H,5-6,11-14,17H2,1H3,(H,26,30). The molecule has 8 heteroatoms. The van der Waals surface area contributed by atoms with E-state index in [-0.39, 0.29) is 17.4 Å². The largest absolute Gasteiger partial charge is 0.322 e. The molecule has 0 spiro atoms. The number of nitrogens with one attached hydrogen (secondary N) is 1. The number of carbonyl (C=O) groups is 1. The van der Waals surface area contributed by atoms with E-state index in [4.69, 9.17) is 0 Å². The number of amides is 1. The van der Waals surface area contributed by atoms with E-state index in [0.717, 1.165) is 28.2 Å². The maximum Gasteiger partial charge on any atom is 0.255 e. The van der Waals surface area contributed by atoms with Gasteiger partial charge in [-0.15, -0.1) is 0 Å². The average molecular weight is 465 g/mol. The Hall–Kier alpha value is -2.97. The van der Waals surface area contributed by atoms with Crippen molar-refractivity contribution in [1.29, 1.82) is 0 Å². The quantitative estimate of drug-likeness (QED) is 0.604. The van der Waals surface area contributed by atoms with Gasteiger partial charge in [-0.1, -0.05) is 24.3 Å². The van der Waals surface area contributed by atoms with Gasteiger partial charge in [0.1, 0.15) is 0 Å². The van der Waals surface area contributed by atoms with Crippen molar-refractivity contribution in [2.24, 2.45) is 7.05 Å². The maximum atomic E-state index is 12.8. The molecule has 1 aromatic heterocycles. The van der Waals surface area contributed by atoms with Crippen LogP contribution in [-0.4, -0.2) is 53.6 Å². The Bertz CT molecular complexity index is 1260. The van der Waals surface area contributed by atoms with Gasteiger partial charge < -0.3 is 5.32 Å². The van der Waals surface area contributed by atoms with Crippen LogP contribution in [0.5, 0.6) is 0 Å². The Morgan fingerprint density at radius 2 is 1.79 bits per heavy atom. The van der Waals surface area contributed by atoms with E-state index >= 15 is 0 Å². The molecule has 0 unspecified atom stereocenters. The molecule has 5 rings (SSSR count). The third kappa shape index (κ3) is 5.17. The molecule has 33 heavy (non-hydrogen) atoms. The topological polar surface area (TPSA) is 84.3 Å². The molecule has 0 bridgehead atoms. The summed E-state index contributed by atoms with van der Waals surface area (Å²) in [6, 6.07) is 17.5. The fourth-order valence-electron chi connectivity index (χ4n) is 4.24. The van der Waals surface area contributed by atoms with Crippen LogP contribution in [0.4, 0.5) is 5.69 Å². The first-order valence-electron chi connectivity index (χ1n) is 11.3. The highest BCUT2D eigenvalue weighted by molar-refractivity contribution is 7.91. The number of hydrogen-bond donors (Lipinski definition) is 1. The van der Waals surface area contributed by atoms with Crippen LogP contribution in [0, 0.1) is 0 Å². The molecule has 7 nitrogen and oxygen atoms in total. The summed E-state index contributed by atoms with van der Waals surface area (Å²) in [5.74, 6) is 0.845. The van der Waals surface area contributed by atoms with Crippen LogP contribution in [0.2, 0.25) is 0 Å². The van der Waals surface area contributed by atoms with Crippen LogP contribution < -0.4 is 5.32 Å². The first-order chi connectivity index (χ1) is 15.9. The van der Waals surface area contributed by atoms with Crippen molar-refractivity contribution < 1.29 is 13.2 Å². The third-order valence-corrected chi connectivity index (χ3v) is 7.97. The van der Waals surface area contributed by atoms with E-state index in [1.807, 2.05) is 54.2 Å². The van der Waals surface area contributed by atoms with Crippen LogP contribution in [-0.2, 0) is 23.4 Å². The first-order valence-corrected chi connectivity index (χ1v) is 13.2. The number of rotatable bonds is 6. The highest BCUT2D eigenvalue weighted by Crippen LogP contribution is 2.40. The monoisotopic (exact) mass is 464 g/mol. The molecule has 1 saturated carbocycles. The Kier molecular flexibility index (Phi) is 5.80. The first kappa shape index (κ1) is 21.9. The molecule has 2 heterocycles. The number of carbonyl (C=O) groups excluding carboxylic acids is 1. The van der Waals surface area contributed by atoms with Gasteiger partial charge in [0.2, 0.25) is 0 Å². The summed E-state index contributed by atoms with van der Waals surface area (Å²) in [6.07, 6.45) is 2.45. The SMILES string of the molecule is Cn1nc(C2CC2)cc1-c1ccc(NC(=O)c2cccc(CN3CCS(=O)(=O)CC3)c2)cc1. The molecule has 1 aliphatic heterocycles. The Morgan fingerprint density at radius 3 is 2.48 bits per heavy atom. The van der Waals surface area contributed by atoms with Gasteiger partial charge in [-0.05, 0) is 54.3 Å². The molecule has 172 valence electrons. The van der Waals surface area contributed by atoms with Gasteiger partial charge in [-0.2, -0.15) is 5.10 Å². The zero-order chi connectivity index (χ0) is 23.0. The Labute approximate surface area is 194 Å². The summed E-state index contributed by atoms with van der Waals surface area (Å²) in [5, 5.41) is 7.60. The van der Waals surface area contributed by atoms with Crippen LogP contribution in [0.1, 0.15) is 40.4 Å². The van der Waals surface area contributed by atoms with E-state index in [9.17, 15) is 13.2 Å². The molecule has 2 fully saturated rings. The van der Waals surface area contributed by atoms with Gasteiger partial charge in [0.15, 0.2) is 9.84 Å². The summed E-state index contributed by atoms with van der Waals surface area (Å²) in [6.45, 7) is 1.70. The number of aryl methyl sites for hydroxylation is 1. The van der Waals surface area contributed by atoms with E-state index < -0.39 is 9.84 Å².